The lowest BCUT2D eigenvalue weighted by Crippen LogP contribution is -2.02. The summed E-state index contributed by atoms with van der Waals surface area (Å²) in [4.78, 5) is 15.4. The van der Waals surface area contributed by atoms with Gasteiger partial charge in [0.1, 0.15) is 11.4 Å². The Kier molecular flexibility index (Phi) is 4.59. The van der Waals surface area contributed by atoms with E-state index in [1.165, 1.54) is 6.07 Å². The molecule has 2 aromatic carbocycles. The number of benzene rings is 2. The maximum Gasteiger partial charge on any atom is 0.293 e. The number of furan rings is 1. The molecule has 2 aromatic heterocycles. The highest BCUT2D eigenvalue weighted by atomic mass is 16.6. The van der Waals surface area contributed by atoms with Gasteiger partial charge in [0, 0.05) is 17.2 Å². The van der Waals surface area contributed by atoms with Crippen LogP contribution in [0.2, 0.25) is 0 Å². The van der Waals surface area contributed by atoms with E-state index in [-0.39, 0.29) is 11.6 Å². The number of hydrogen-bond donors (Lipinski definition) is 1. The number of rotatable bonds is 6. The van der Waals surface area contributed by atoms with Gasteiger partial charge in [0.25, 0.3) is 11.6 Å². The fourth-order valence-electron chi connectivity index (χ4n) is 2.80. The Morgan fingerprint density at radius 3 is 2.75 bits per heavy atom. The standard InChI is InChI=1S/C20H16N4O4/c1-13-4-2-5-14(10-13)19-22-20(28-23-19)15-7-8-17(18(11-15)24(25)26)21-12-16-6-3-9-27-16/h2-11,21H,12H2,1H3. The van der Waals surface area contributed by atoms with Crippen LogP contribution in [0.1, 0.15) is 11.3 Å². The molecule has 4 rings (SSSR count). The third-order valence-electron chi connectivity index (χ3n) is 4.18. The highest BCUT2D eigenvalue weighted by Gasteiger charge is 2.18. The van der Waals surface area contributed by atoms with Crippen molar-refractivity contribution in [3.63, 3.8) is 0 Å². The lowest BCUT2D eigenvalue weighted by Gasteiger charge is -2.06. The summed E-state index contributed by atoms with van der Waals surface area (Å²) in [5.74, 6) is 1.33. The van der Waals surface area contributed by atoms with Crippen molar-refractivity contribution in [1.82, 2.24) is 10.1 Å². The van der Waals surface area contributed by atoms with E-state index >= 15 is 0 Å². The van der Waals surface area contributed by atoms with Gasteiger partial charge in [0.2, 0.25) is 5.82 Å². The van der Waals surface area contributed by atoms with E-state index in [0.29, 0.717) is 29.4 Å². The van der Waals surface area contributed by atoms with E-state index in [4.69, 9.17) is 8.94 Å². The van der Waals surface area contributed by atoms with Crippen molar-refractivity contribution in [2.75, 3.05) is 5.32 Å². The summed E-state index contributed by atoms with van der Waals surface area (Å²) in [6.07, 6.45) is 1.55. The van der Waals surface area contributed by atoms with Crippen molar-refractivity contribution in [2.24, 2.45) is 0 Å². The molecule has 0 amide bonds. The Morgan fingerprint density at radius 1 is 1.11 bits per heavy atom. The number of aryl methyl sites for hydroxylation is 1. The number of nitro benzene ring substituents is 1. The highest BCUT2D eigenvalue weighted by Crippen LogP contribution is 2.31. The fourth-order valence-corrected chi connectivity index (χ4v) is 2.80. The Balaban J connectivity index is 1.61. The lowest BCUT2D eigenvalue weighted by molar-refractivity contribution is -0.383. The van der Waals surface area contributed by atoms with Crippen LogP contribution in [0.3, 0.4) is 0 Å². The quantitative estimate of drug-likeness (QED) is 0.379. The van der Waals surface area contributed by atoms with Crippen molar-refractivity contribution in [3.8, 4) is 22.8 Å². The second-order valence-corrected chi connectivity index (χ2v) is 6.21. The summed E-state index contributed by atoms with van der Waals surface area (Å²) < 4.78 is 10.6. The van der Waals surface area contributed by atoms with E-state index in [0.717, 1.165) is 11.1 Å². The minimum Gasteiger partial charge on any atom is -0.467 e. The van der Waals surface area contributed by atoms with Crippen molar-refractivity contribution < 1.29 is 13.9 Å². The van der Waals surface area contributed by atoms with Gasteiger partial charge in [-0.3, -0.25) is 10.1 Å². The molecule has 0 fully saturated rings. The monoisotopic (exact) mass is 376 g/mol. The van der Waals surface area contributed by atoms with Gasteiger partial charge < -0.3 is 14.3 Å². The van der Waals surface area contributed by atoms with Crippen LogP contribution in [-0.4, -0.2) is 15.1 Å². The van der Waals surface area contributed by atoms with Crippen LogP contribution in [0.5, 0.6) is 0 Å². The molecule has 0 saturated heterocycles. The first kappa shape index (κ1) is 17.5. The van der Waals surface area contributed by atoms with Gasteiger partial charge in [0.05, 0.1) is 17.7 Å². The minimum absolute atomic E-state index is 0.0839. The zero-order valence-corrected chi connectivity index (χ0v) is 15.0. The largest absolute Gasteiger partial charge is 0.467 e. The highest BCUT2D eigenvalue weighted by molar-refractivity contribution is 5.70. The summed E-state index contributed by atoms with van der Waals surface area (Å²) >= 11 is 0. The normalized spacial score (nSPS) is 10.8. The summed E-state index contributed by atoms with van der Waals surface area (Å²) in [6.45, 7) is 2.31. The van der Waals surface area contributed by atoms with Crippen LogP contribution in [-0.2, 0) is 6.54 Å². The third-order valence-corrected chi connectivity index (χ3v) is 4.18. The van der Waals surface area contributed by atoms with Crippen molar-refractivity contribution in [3.05, 3.63) is 82.3 Å². The number of nitro groups is 1. The molecule has 0 atom stereocenters. The summed E-state index contributed by atoms with van der Waals surface area (Å²) in [7, 11) is 0. The Hall–Kier alpha value is -3.94. The molecule has 28 heavy (non-hydrogen) atoms. The zero-order valence-electron chi connectivity index (χ0n) is 15.0. The maximum absolute atomic E-state index is 11.5. The molecular formula is C20H16N4O4. The third kappa shape index (κ3) is 3.61. The van der Waals surface area contributed by atoms with Gasteiger partial charge in [-0.2, -0.15) is 4.98 Å². The lowest BCUT2D eigenvalue weighted by atomic mass is 10.1. The molecule has 0 aliphatic rings. The molecule has 8 heteroatoms. The average molecular weight is 376 g/mol. The first-order valence-corrected chi connectivity index (χ1v) is 8.56. The second kappa shape index (κ2) is 7.36. The van der Waals surface area contributed by atoms with E-state index in [2.05, 4.69) is 15.5 Å². The molecule has 0 spiro atoms. The molecule has 2 heterocycles. The Morgan fingerprint density at radius 2 is 2.00 bits per heavy atom. The van der Waals surface area contributed by atoms with Crippen LogP contribution >= 0.6 is 0 Å². The number of nitrogens with zero attached hydrogens (tertiary/aromatic N) is 3. The number of anilines is 1. The molecule has 0 radical (unpaired) electrons. The number of nitrogens with one attached hydrogen (secondary N) is 1. The molecular weight excluding hydrogens is 360 g/mol. The van der Waals surface area contributed by atoms with Crippen LogP contribution in [0.4, 0.5) is 11.4 Å². The van der Waals surface area contributed by atoms with Gasteiger partial charge in [-0.25, -0.2) is 0 Å². The minimum atomic E-state index is -0.453. The molecule has 0 unspecified atom stereocenters. The van der Waals surface area contributed by atoms with Crippen LogP contribution < -0.4 is 5.32 Å². The van der Waals surface area contributed by atoms with Crippen LogP contribution in [0.25, 0.3) is 22.8 Å². The van der Waals surface area contributed by atoms with Crippen LogP contribution in [0, 0.1) is 17.0 Å². The maximum atomic E-state index is 11.5. The second-order valence-electron chi connectivity index (χ2n) is 6.21. The van der Waals surface area contributed by atoms with Crippen molar-refractivity contribution in [1.29, 1.82) is 0 Å². The Bertz CT molecular complexity index is 1120. The molecule has 8 nitrogen and oxygen atoms in total. The molecule has 0 saturated carbocycles. The summed E-state index contributed by atoms with van der Waals surface area (Å²) in [5.41, 5.74) is 2.66. The SMILES string of the molecule is Cc1cccc(-c2noc(-c3ccc(NCc4ccco4)c([N+](=O)[O-])c3)n2)c1. The van der Waals surface area contributed by atoms with Gasteiger partial charge >= 0.3 is 0 Å². The van der Waals surface area contributed by atoms with Crippen LogP contribution in [0.15, 0.2) is 69.8 Å². The predicted octanol–water partition coefficient (Wildman–Crippen LogP) is 4.83. The van der Waals surface area contributed by atoms with E-state index in [1.807, 2.05) is 31.2 Å². The van der Waals surface area contributed by atoms with Gasteiger partial charge in [-0.15, -0.1) is 0 Å². The molecule has 140 valence electrons. The molecule has 0 aliphatic carbocycles. The first-order valence-electron chi connectivity index (χ1n) is 8.56. The van der Waals surface area contributed by atoms with E-state index in [1.54, 1.807) is 30.5 Å². The average Bonchev–Trinajstić information content (AvgIpc) is 3.38. The fraction of sp³-hybridized carbons (Fsp3) is 0.100. The summed E-state index contributed by atoms with van der Waals surface area (Å²) in [6, 6.07) is 16.0. The molecule has 1 N–H and O–H groups in total. The number of aromatic nitrogens is 2. The van der Waals surface area contributed by atoms with Gasteiger partial charge in [-0.1, -0.05) is 28.9 Å². The van der Waals surface area contributed by atoms with Crippen molar-refractivity contribution >= 4 is 11.4 Å². The predicted molar refractivity (Wildman–Crippen MR) is 103 cm³/mol. The molecule has 0 aliphatic heterocycles. The number of hydrogen-bond acceptors (Lipinski definition) is 7. The Labute approximate surface area is 160 Å². The molecule has 0 bridgehead atoms. The van der Waals surface area contributed by atoms with Crippen molar-refractivity contribution in [2.45, 2.75) is 13.5 Å². The molecule has 4 aromatic rings. The van der Waals surface area contributed by atoms with E-state index in [9.17, 15) is 10.1 Å². The van der Waals surface area contributed by atoms with Gasteiger partial charge in [0.15, 0.2) is 0 Å². The zero-order chi connectivity index (χ0) is 19.5. The summed E-state index contributed by atoms with van der Waals surface area (Å²) in [5, 5.41) is 18.5. The van der Waals surface area contributed by atoms with E-state index < -0.39 is 4.92 Å². The first-order chi connectivity index (χ1) is 13.6. The smallest absolute Gasteiger partial charge is 0.293 e. The van der Waals surface area contributed by atoms with Gasteiger partial charge in [-0.05, 0) is 37.3 Å². The topological polar surface area (TPSA) is 107 Å².